The lowest BCUT2D eigenvalue weighted by molar-refractivity contribution is -0.127. The van der Waals surface area contributed by atoms with Crippen LogP contribution in [0.3, 0.4) is 0 Å². The third kappa shape index (κ3) is 19.6. The first-order valence-electron chi connectivity index (χ1n) is 43.6. The highest BCUT2D eigenvalue weighted by Crippen LogP contribution is 2.51. The lowest BCUT2D eigenvalue weighted by Gasteiger charge is -2.54. The van der Waals surface area contributed by atoms with Crippen molar-refractivity contribution in [1.82, 2.24) is 64.5 Å². The summed E-state index contributed by atoms with van der Waals surface area (Å²) in [6.07, 6.45) is -5.16. The van der Waals surface area contributed by atoms with E-state index in [1.165, 1.54) is 69.8 Å². The standard InChI is InChI=1S/C27H26F3N5S.C25H23F3N6S.C22H23F3N4S.C21H21F3N4S/c1-17-19(4-3-18-9-20(31-2)10-22(17)18)13-34-7-5-26(6-8-34)14-35(15-26)24-23-11-21(12-27(28,29)30)36-25(23)33-16-32-24;1-15-16(3-4-20-18(15)8-21(29-2)32-20)10-33-6-5-24(11-33)12-34(13-24)22-19-7-17(9-25(26,27)28)35-23(19)31-14-30-22;23-22(24,25)11-17-10-18-19(26-15-27-20(18)30-17)29-13-21(14-29)6-8-28(9-7-21)12-16-4-2-1-3-5-16;22-21(23,24)9-16-8-17-18(25-14-26-19(17)29-16)28-12-20(13-28)6-7-27(11-20)10-15-4-2-1-3-5-15/h3-4,10-11,16H,5-9,12-15H2,1H3;3-4,7-8,14,32H,5-6,9-13H2,1H3;1-5,10,15H,6-9,11-14H2;1-5,8,14H,6-7,9-13H2. The van der Waals surface area contributed by atoms with E-state index in [4.69, 9.17) is 13.1 Å². The number of hydrogen-bond acceptors (Lipinski definition) is 20. The predicted octanol–water partition coefficient (Wildman–Crippen LogP) is 21.3. The molecule has 22 rings (SSSR count). The molecule has 19 nitrogen and oxygen atoms in total. The van der Waals surface area contributed by atoms with E-state index in [0.717, 1.165) is 283 Å². The molecule has 9 aliphatic rings. The van der Waals surface area contributed by atoms with Crippen LogP contribution >= 0.6 is 45.3 Å². The monoisotopic (exact) mass is 1860 g/mol. The van der Waals surface area contributed by atoms with E-state index in [1.807, 2.05) is 24.3 Å². The summed E-state index contributed by atoms with van der Waals surface area (Å²) in [6.45, 7) is 38.0. The van der Waals surface area contributed by atoms with E-state index >= 15 is 0 Å². The van der Waals surface area contributed by atoms with Crippen molar-refractivity contribution >= 4 is 132 Å². The van der Waals surface area contributed by atoms with Crippen molar-refractivity contribution in [3.05, 3.63) is 233 Å². The Balaban J connectivity index is 0.000000113. The van der Waals surface area contributed by atoms with Gasteiger partial charge < -0.3 is 29.4 Å². The van der Waals surface area contributed by atoms with Gasteiger partial charge in [0.2, 0.25) is 5.82 Å². The number of nitrogens with one attached hydrogen (secondary N) is 1. The Morgan fingerprint density at radius 3 is 1.09 bits per heavy atom. The number of aryl methyl sites for hydroxylation is 1. The van der Waals surface area contributed by atoms with E-state index in [-0.39, 0.29) is 26.0 Å². The molecule has 1 aliphatic carbocycles. The maximum atomic E-state index is 12.9. The number of aromatic amines is 1. The smallest absolute Gasteiger partial charge is 0.364 e. The summed E-state index contributed by atoms with van der Waals surface area (Å²) in [5, 5.41) is 4.04. The number of piperidine rings is 2. The first-order chi connectivity index (χ1) is 62.2. The molecule has 8 fully saturated rings. The molecule has 8 saturated heterocycles. The average Bonchev–Trinajstić information content (AvgIpc) is 1.46. The Kier molecular flexibility index (Phi) is 24.1. The molecule has 0 atom stereocenters. The van der Waals surface area contributed by atoms with Gasteiger partial charge in [0.1, 0.15) is 73.4 Å². The normalized spacial score (nSPS) is 18.9. The molecule has 4 spiro atoms. The van der Waals surface area contributed by atoms with Gasteiger partial charge in [0.05, 0.1) is 53.8 Å². The molecule has 9 aromatic heterocycles. The number of likely N-dealkylation sites (tertiary alicyclic amines) is 4. The quantitative estimate of drug-likeness (QED) is 0.0720. The van der Waals surface area contributed by atoms with E-state index in [1.54, 1.807) is 24.3 Å². The van der Waals surface area contributed by atoms with Crippen molar-refractivity contribution < 1.29 is 52.7 Å². The minimum Gasteiger partial charge on any atom is -0.364 e. The van der Waals surface area contributed by atoms with E-state index in [9.17, 15) is 52.7 Å². The number of rotatable bonds is 16. The predicted molar refractivity (Wildman–Crippen MR) is 488 cm³/mol. The number of benzene rings is 4. The lowest BCUT2D eigenvalue weighted by Crippen LogP contribution is -2.60. The molecule has 0 saturated carbocycles. The fraction of sp³-hybridized carbons (Fsp3) is 0.432. The van der Waals surface area contributed by atoms with Crippen LogP contribution in [0.4, 0.5) is 81.8 Å². The van der Waals surface area contributed by atoms with Crippen LogP contribution in [0.15, 0.2) is 146 Å². The van der Waals surface area contributed by atoms with Crippen molar-refractivity contribution in [2.45, 2.75) is 135 Å². The number of anilines is 4. The van der Waals surface area contributed by atoms with Gasteiger partial charge in [-0.2, -0.15) is 52.7 Å². The second kappa shape index (κ2) is 35.2. The number of halogens is 12. The molecule has 8 aliphatic heterocycles. The van der Waals surface area contributed by atoms with Crippen LogP contribution in [0.1, 0.15) is 103 Å². The number of hydrogen-bond donors (Lipinski definition) is 1. The van der Waals surface area contributed by atoms with Crippen LogP contribution in [-0.4, -0.2) is 194 Å². The van der Waals surface area contributed by atoms with Gasteiger partial charge in [-0.25, -0.2) is 44.7 Å². The second-order valence-corrected chi connectivity index (χ2v) is 41.4. The zero-order valence-electron chi connectivity index (χ0n) is 71.5. The third-order valence-electron chi connectivity index (χ3n) is 27.3. The van der Waals surface area contributed by atoms with Crippen LogP contribution in [0, 0.1) is 48.7 Å². The number of H-pyrrole nitrogens is 1. The van der Waals surface area contributed by atoms with E-state index in [2.05, 4.69) is 180 Å². The molecule has 13 aromatic rings. The summed E-state index contributed by atoms with van der Waals surface area (Å²) < 4.78 is 154. The lowest BCUT2D eigenvalue weighted by atomic mass is 9.72. The van der Waals surface area contributed by atoms with Crippen LogP contribution in [-0.2, 0) is 58.3 Å². The summed E-state index contributed by atoms with van der Waals surface area (Å²) in [4.78, 5) is 67.2. The summed E-state index contributed by atoms with van der Waals surface area (Å²) in [7, 11) is 0. The molecule has 0 unspecified atom stereocenters. The summed E-state index contributed by atoms with van der Waals surface area (Å²) in [5.74, 6) is 3.62. The molecular weight excluding hydrogens is 1760 g/mol. The number of fused-ring (bicyclic) bond motifs is 6. The SMILES string of the molecule is FC(F)(F)Cc1cc2c(N3CC4(CCN(Cc5ccccc5)C4)C3)ncnc2s1.FC(F)(F)Cc1cc2c(N3CC4(CCN(Cc5ccccc5)CC4)C3)ncnc2s1.[C-]#[N+]C1=Cc2c(ccc(CN3CCC4(CC3)CN(c3ncnc5sc(CC(F)(F)F)cc35)C4)c2C)C1.[C-]#[N+]c1cc2c(C)c(CN3CCC4(C3)CN(c3ncnc5sc(CC(F)(F)F)cc35)C4)ccc2[nH]1. The van der Waals surface area contributed by atoms with E-state index < -0.39 is 50.4 Å². The van der Waals surface area contributed by atoms with Gasteiger partial charge in [-0.15, -0.1) is 45.3 Å². The van der Waals surface area contributed by atoms with Crippen molar-refractivity contribution in [3.63, 3.8) is 0 Å². The molecule has 0 amide bonds. The van der Waals surface area contributed by atoms with Gasteiger partial charge in [-0.3, -0.25) is 19.6 Å². The fourth-order valence-corrected chi connectivity index (χ4v) is 24.9. The van der Waals surface area contributed by atoms with Gasteiger partial charge >= 0.3 is 24.7 Å². The van der Waals surface area contributed by atoms with Gasteiger partial charge in [0, 0.05) is 145 Å². The zero-order chi connectivity index (χ0) is 90.3. The van der Waals surface area contributed by atoms with E-state index in [0.29, 0.717) is 40.3 Å². The highest BCUT2D eigenvalue weighted by Gasteiger charge is 2.52. The molecule has 130 heavy (non-hydrogen) atoms. The molecule has 17 heterocycles. The maximum Gasteiger partial charge on any atom is 0.393 e. The molecule has 0 radical (unpaired) electrons. The minimum atomic E-state index is -4.23. The van der Waals surface area contributed by atoms with Gasteiger partial charge in [-0.05, 0) is 173 Å². The summed E-state index contributed by atoms with van der Waals surface area (Å²) in [5.41, 5.74) is 13.1. The van der Waals surface area contributed by atoms with Crippen LogP contribution in [0.5, 0.6) is 0 Å². The van der Waals surface area contributed by atoms with Crippen LogP contribution in [0.25, 0.3) is 67.5 Å². The number of aromatic nitrogens is 9. The maximum absolute atomic E-state index is 12.9. The molecule has 1 N–H and O–H groups in total. The number of thiophene rings is 4. The van der Waals surface area contributed by atoms with Crippen molar-refractivity contribution in [1.29, 1.82) is 0 Å². The van der Waals surface area contributed by atoms with Crippen molar-refractivity contribution in [2.75, 3.05) is 124 Å². The zero-order valence-corrected chi connectivity index (χ0v) is 74.8. The molecule has 0 bridgehead atoms. The summed E-state index contributed by atoms with van der Waals surface area (Å²) in [6, 6.07) is 38.0. The molecular formula is C95H93F12N19S4. The minimum absolute atomic E-state index is 0.186. The second-order valence-electron chi connectivity index (χ2n) is 37.0. The van der Waals surface area contributed by atoms with Gasteiger partial charge in [0.25, 0.3) is 0 Å². The highest BCUT2D eigenvalue weighted by molar-refractivity contribution is 7.19. The van der Waals surface area contributed by atoms with Crippen LogP contribution in [0.2, 0.25) is 0 Å². The van der Waals surface area contributed by atoms with Gasteiger partial charge in [0.15, 0.2) is 5.70 Å². The first kappa shape index (κ1) is 88.8. The Morgan fingerprint density at radius 1 is 0.369 bits per heavy atom. The molecule has 676 valence electrons. The van der Waals surface area contributed by atoms with Crippen LogP contribution < -0.4 is 19.6 Å². The first-order valence-corrected chi connectivity index (χ1v) is 46.8. The Hall–Kier alpha value is -10.5. The Morgan fingerprint density at radius 2 is 0.708 bits per heavy atom. The largest absolute Gasteiger partial charge is 0.393 e. The molecule has 4 aromatic carbocycles. The number of nitrogens with zero attached hydrogens (tertiary/aromatic N) is 18. The fourth-order valence-electron chi connectivity index (χ4n) is 20.8. The molecule has 35 heteroatoms. The summed E-state index contributed by atoms with van der Waals surface area (Å²) >= 11 is 4.43. The van der Waals surface area contributed by atoms with Gasteiger partial charge in [-0.1, -0.05) is 91.5 Å². The topological polar surface area (TPSA) is 154 Å². The van der Waals surface area contributed by atoms with Crippen molar-refractivity contribution in [3.8, 4) is 0 Å². The Bertz CT molecular complexity index is 6440. The van der Waals surface area contributed by atoms with Crippen molar-refractivity contribution in [2.24, 2.45) is 21.7 Å². The Labute approximate surface area is 759 Å². The highest BCUT2D eigenvalue weighted by atomic mass is 32.1. The average molecular weight is 1860 g/mol. The number of alkyl halides is 12. The number of allylic oxidation sites excluding steroid dienone is 1. The third-order valence-corrected chi connectivity index (χ3v) is 31.5.